The predicted octanol–water partition coefficient (Wildman–Crippen LogP) is 3.03. The normalized spacial score (nSPS) is 27.4. The molecule has 3 heteroatoms. The predicted molar refractivity (Wildman–Crippen MR) is 87.1 cm³/mol. The highest BCUT2D eigenvalue weighted by atomic mass is 16.3. The Balaban J connectivity index is 2.22. The lowest BCUT2D eigenvalue weighted by Crippen LogP contribution is -2.46. The molecule has 1 aliphatic heterocycles. The summed E-state index contributed by atoms with van der Waals surface area (Å²) in [5, 5.41) is 13.0. The van der Waals surface area contributed by atoms with Crippen molar-refractivity contribution < 1.29 is 5.11 Å². The van der Waals surface area contributed by atoms with Crippen LogP contribution in [0.15, 0.2) is 0 Å². The van der Waals surface area contributed by atoms with Gasteiger partial charge in [-0.15, -0.1) is 0 Å². The van der Waals surface area contributed by atoms with Crippen LogP contribution in [0.2, 0.25) is 0 Å². The largest absolute Gasteiger partial charge is 0.394 e. The molecule has 1 fully saturated rings. The smallest absolute Gasteiger partial charge is 0.0610 e. The van der Waals surface area contributed by atoms with Gasteiger partial charge in [-0.2, -0.15) is 0 Å². The van der Waals surface area contributed by atoms with Crippen LogP contribution in [0.25, 0.3) is 0 Å². The first kappa shape index (κ1) is 17.9. The van der Waals surface area contributed by atoms with Crippen LogP contribution >= 0.6 is 0 Å². The number of aliphatic hydroxyl groups is 1. The van der Waals surface area contributed by atoms with Crippen LogP contribution < -0.4 is 5.32 Å². The molecule has 0 aromatic heterocycles. The van der Waals surface area contributed by atoms with E-state index < -0.39 is 0 Å². The Labute approximate surface area is 126 Å². The van der Waals surface area contributed by atoms with E-state index in [1.807, 2.05) is 0 Å². The zero-order valence-corrected chi connectivity index (χ0v) is 14.1. The van der Waals surface area contributed by atoms with Crippen LogP contribution in [0.5, 0.6) is 0 Å². The summed E-state index contributed by atoms with van der Waals surface area (Å²) in [6.07, 6.45) is 7.39. The summed E-state index contributed by atoms with van der Waals surface area (Å²) in [4.78, 5) is 2.66. The number of aliphatic hydroxyl groups excluding tert-OH is 1. The fraction of sp³-hybridized carbons (Fsp3) is 1.00. The number of hydrogen-bond donors (Lipinski definition) is 2. The van der Waals surface area contributed by atoms with Crippen molar-refractivity contribution in [3.63, 3.8) is 0 Å². The van der Waals surface area contributed by atoms with Crippen LogP contribution in [-0.2, 0) is 0 Å². The van der Waals surface area contributed by atoms with Gasteiger partial charge in [0.15, 0.2) is 0 Å². The summed E-state index contributed by atoms with van der Waals surface area (Å²) in [5.41, 5.74) is -0.0865. The van der Waals surface area contributed by atoms with Crippen molar-refractivity contribution in [3.8, 4) is 0 Å². The molecule has 0 aromatic carbocycles. The molecule has 0 aliphatic carbocycles. The van der Waals surface area contributed by atoms with Crippen LogP contribution in [-0.4, -0.2) is 47.8 Å². The average molecular weight is 284 g/mol. The highest BCUT2D eigenvalue weighted by Crippen LogP contribution is 2.22. The van der Waals surface area contributed by atoms with Gasteiger partial charge >= 0.3 is 0 Å². The monoisotopic (exact) mass is 284 g/mol. The Bertz CT molecular complexity index is 259. The van der Waals surface area contributed by atoms with Gasteiger partial charge in [0.25, 0.3) is 0 Å². The summed E-state index contributed by atoms with van der Waals surface area (Å²) in [6.45, 7) is 12.8. The van der Waals surface area contributed by atoms with E-state index in [-0.39, 0.29) is 12.1 Å². The molecular weight excluding hydrogens is 248 g/mol. The second-order valence-corrected chi connectivity index (χ2v) is 7.13. The maximum Gasteiger partial charge on any atom is 0.0610 e. The minimum atomic E-state index is -0.0865. The van der Waals surface area contributed by atoms with Crippen molar-refractivity contribution in [1.29, 1.82) is 0 Å². The Morgan fingerprint density at radius 2 is 2.00 bits per heavy atom. The van der Waals surface area contributed by atoms with Gasteiger partial charge in [0.05, 0.1) is 6.61 Å². The second-order valence-electron chi connectivity index (χ2n) is 7.13. The zero-order chi connectivity index (χ0) is 15.0. The highest BCUT2D eigenvalue weighted by Gasteiger charge is 2.24. The van der Waals surface area contributed by atoms with Gasteiger partial charge in [-0.25, -0.2) is 0 Å². The molecule has 20 heavy (non-hydrogen) atoms. The lowest BCUT2D eigenvalue weighted by atomic mass is 9.93. The average Bonchev–Trinajstić information content (AvgIpc) is 2.45. The molecule has 0 aromatic rings. The van der Waals surface area contributed by atoms with Crippen molar-refractivity contribution in [2.45, 2.75) is 77.8 Å². The number of rotatable bonds is 9. The number of likely N-dealkylation sites (tertiary alicyclic amines) is 1. The van der Waals surface area contributed by atoms with Gasteiger partial charge in [0, 0.05) is 18.1 Å². The summed E-state index contributed by atoms with van der Waals surface area (Å²) in [5.74, 6) is 0.861. The van der Waals surface area contributed by atoms with Crippen molar-refractivity contribution in [1.82, 2.24) is 10.2 Å². The first-order valence-electron chi connectivity index (χ1n) is 8.60. The quantitative estimate of drug-likeness (QED) is 0.639. The van der Waals surface area contributed by atoms with Gasteiger partial charge in [-0.3, -0.25) is 0 Å². The van der Waals surface area contributed by atoms with Crippen molar-refractivity contribution in [2.24, 2.45) is 5.92 Å². The summed E-state index contributed by atoms with van der Waals surface area (Å²) in [7, 11) is 0. The maximum atomic E-state index is 9.56. The molecule has 0 bridgehead atoms. The molecule has 3 atom stereocenters. The molecule has 0 amide bonds. The van der Waals surface area contributed by atoms with Crippen LogP contribution in [0.3, 0.4) is 0 Å². The molecular formula is C17H36N2O. The third-order valence-electron chi connectivity index (χ3n) is 4.82. The number of nitrogens with one attached hydrogen (secondary N) is 1. The Morgan fingerprint density at radius 1 is 1.25 bits per heavy atom. The fourth-order valence-electron chi connectivity index (χ4n) is 3.17. The minimum Gasteiger partial charge on any atom is -0.394 e. The van der Waals surface area contributed by atoms with E-state index in [1.54, 1.807) is 0 Å². The van der Waals surface area contributed by atoms with E-state index >= 15 is 0 Å². The summed E-state index contributed by atoms with van der Waals surface area (Å²) < 4.78 is 0. The van der Waals surface area contributed by atoms with Gasteiger partial charge in [0.2, 0.25) is 0 Å². The van der Waals surface area contributed by atoms with Gasteiger partial charge in [-0.05, 0) is 65.0 Å². The number of unbranched alkanes of at least 4 members (excludes halogenated alkanes) is 1. The molecule has 1 aliphatic rings. The van der Waals surface area contributed by atoms with Crippen molar-refractivity contribution in [3.05, 3.63) is 0 Å². The topological polar surface area (TPSA) is 35.5 Å². The van der Waals surface area contributed by atoms with E-state index in [9.17, 15) is 5.11 Å². The molecule has 0 saturated carbocycles. The van der Waals surface area contributed by atoms with Crippen molar-refractivity contribution in [2.75, 3.05) is 26.2 Å². The molecule has 0 radical (unpaired) electrons. The molecule has 3 nitrogen and oxygen atoms in total. The molecule has 120 valence electrons. The standard InChI is InChI=1S/C17H36N2O/c1-5-11-18-17(4,14-20)10-6-7-12-19-13-15(2)8-9-16(19)3/h15-16,18,20H,5-14H2,1-4H3. The van der Waals surface area contributed by atoms with Gasteiger partial charge in [-0.1, -0.05) is 20.3 Å². The van der Waals surface area contributed by atoms with Gasteiger partial charge in [0.1, 0.15) is 0 Å². The SMILES string of the molecule is CCCNC(C)(CO)CCCCN1CC(C)CCC1C. The first-order valence-corrected chi connectivity index (χ1v) is 8.60. The Hall–Kier alpha value is -0.120. The molecule has 2 N–H and O–H groups in total. The van der Waals surface area contributed by atoms with E-state index in [4.69, 9.17) is 0 Å². The molecule has 0 spiro atoms. The molecule has 1 heterocycles. The fourth-order valence-corrected chi connectivity index (χ4v) is 3.17. The minimum absolute atomic E-state index is 0.0865. The van der Waals surface area contributed by atoms with Gasteiger partial charge < -0.3 is 15.3 Å². The van der Waals surface area contributed by atoms with Crippen LogP contribution in [0.4, 0.5) is 0 Å². The van der Waals surface area contributed by atoms with Crippen LogP contribution in [0.1, 0.15) is 66.2 Å². The summed E-state index contributed by atoms with van der Waals surface area (Å²) >= 11 is 0. The molecule has 3 unspecified atom stereocenters. The Morgan fingerprint density at radius 3 is 2.65 bits per heavy atom. The molecule has 1 saturated heterocycles. The van der Waals surface area contributed by atoms with Crippen LogP contribution in [0, 0.1) is 5.92 Å². The maximum absolute atomic E-state index is 9.56. The number of nitrogens with zero attached hydrogens (tertiary/aromatic N) is 1. The molecule has 1 rings (SSSR count). The summed E-state index contributed by atoms with van der Waals surface area (Å²) in [6, 6.07) is 0.758. The van der Waals surface area contributed by atoms with E-state index in [1.165, 1.54) is 38.8 Å². The van der Waals surface area contributed by atoms with E-state index in [0.717, 1.165) is 31.3 Å². The second kappa shape index (κ2) is 9.01. The number of hydrogen-bond acceptors (Lipinski definition) is 3. The lowest BCUT2D eigenvalue weighted by molar-refractivity contribution is 0.118. The highest BCUT2D eigenvalue weighted by molar-refractivity contribution is 4.82. The van der Waals surface area contributed by atoms with Crippen molar-refractivity contribution >= 4 is 0 Å². The van der Waals surface area contributed by atoms with E-state index in [2.05, 4.69) is 37.9 Å². The number of piperidine rings is 1. The zero-order valence-electron chi connectivity index (χ0n) is 14.1. The lowest BCUT2D eigenvalue weighted by Gasteiger charge is -2.37. The third-order valence-corrected chi connectivity index (χ3v) is 4.82. The first-order chi connectivity index (χ1) is 9.50. The van der Waals surface area contributed by atoms with E-state index in [0.29, 0.717) is 0 Å². The Kier molecular flexibility index (Phi) is 8.08. The third kappa shape index (κ3) is 6.11.